The molecule has 1 aromatic rings. The SMILES string of the molecule is CC(C(=O)O)C(C)n1nnnc1C(F)(F)C(F)F. The molecule has 1 heterocycles. The van der Waals surface area contributed by atoms with Crippen LogP contribution in [-0.4, -0.2) is 37.7 Å². The fourth-order valence-corrected chi connectivity index (χ4v) is 1.20. The third kappa shape index (κ3) is 2.41. The summed E-state index contributed by atoms with van der Waals surface area (Å²) < 4.78 is 51.1. The van der Waals surface area contributed by atoms with Crippen LogP contribution in [0.4, 0.5) is 17.6 Å². The van der Waals surface area contributed by atoms with Crippen molar-refractivity contribution in [1.82, 2.24) is 20.2 Å². The molecule has 6 nitrogen and oxygen atoms in total. The van der Waals surface area contributed by atoms with Crippen molar-refractivity contribution in [3.8, 4) is 0 Å². The molecule has 0 radical (unpaired) electrons. The number of aromatic nitrogens is 4. The molecule has 102 valence electrons. The first-order chi connectivity index (χ1) is 8.19. The number of rotatable bonds is 5. The van der Waals surface area contributed by atoms with Crippen LogP contribution in [-0.2, 0) is 10.7 Å². The number of carboxylic acids is 1. The molecule has 0 aliphatic rings. The molecule has 0 spiro atoms. The van der Waals surface area contributed by atoms with Gasteiger partial charge in [-0.05, 0) is 24.3 Å². The number of tetrazole rings is 1. The Bertz CT molecular complexity index is 436. The van der Waals surface area contributed by atoms with Crippen LogP contribution in [0.15, 0.2) is 0 Å². The zero-order valence-corrected chi connectivity index (χ0v) is 9.39. The molecule has 1 N–H and O–H groups in total. The molecule has 18 heavy (non-hydrogen) atoms. The number of halogens is 4. The van der Waals surface area contributed by atoms with Crippen molar-refractivity contribution >= 4 is 5.97 Å². The van der Waals surface area contributed by atoms with Crippen LogP contribution in [0.3, 0.4) is 0 Å². The molecule has 0 fully saturated rings. The number of carboxylic acid groups (broad SMARTS) is 1. The zero-order valence-electron chi connectivity index (χ0n) is 9.39. The highest BCUT2D eigenvalue weighted by atomic mass is 19.3. The topological polar surface area (TPSA) is 80.9 Å². The molecule has 0 aromatic carbocycles. The molecule has 1 aromatic heterocycles. The Labute approximate surface area is 98.6 Å². The first-order valence-electron chi connectivity index (χ1n) is 4.86. The van der Waals surface area contributed by atoms with Crippen molar-refractivity contribution in [2.24, 2.45) is 5.92 Å². The van der Waals surface area contributed by atoms with Crippen molar-refractivity contribution in [2.75, 3.05) is 0 Å². The summed E-state index contributed by atoms with van der Waals surface area (Å²) in [6, 6.07) is -1.09. The first kappa shape index (κ1) is 14.3. The number of carbonyl (C=O) groups is 1. The van der Waals surface area contributed by atoms with Crippen molar-refractivity contribution in [1.29, 1.82) is 0 Å². The zero-order chi connectivity index (χ0) is 14.1. The first-order valence-corrected chi connectivity index (χ1v) is 4.86. The summed E-state index contributed by atoms with van der Waals surface area (Å²) in [5.41, 5.74) is 0. The average molecular weight is 270 g/mol. The predicted molar refractivity (Wildman–Crippen MR) is 49.2 cm³/mol. The standard InChI is InChI=1S/C8H10F4N4O2/c1-3(5(17)18)4(2)16-7(13-14-15-16)8(11,12)6(9)10/h3-4,6H,1-2H3,(H,17,18). The molecule has 0 saturated carbocycles. The molecule has 0 bridgehead atoms. The summed E-state index contributed by atoms with van der Waals surface area (Å²) in [4.78, 5) is 10.7. The van der Waals surface area contributed by atoms with Gasteiger partial charge in [-0.1, -0.05) is 0 Å². The van der Waals surface area contributed by atoms with Crippen molar-refractivity contribution in [2.45, 2.75) is 32.2 Å². The van der Waals surface area contributed by atoms with Crippen molar-refractivity contribution in [3.63, 3.8) is 0 Å². The smallest absolute Gasteiger partial charge is 0.367 e. The van der Waals surface area contributed by atoms with E-state index in [0.29, 0.717) is 4.68 Å². The summed E-state index contributed by atoms with van der Waals surface area (Å²) >= 11 is 0. The van der Waals surface area contributed by atoms with Gasteiger partial charge in [-0.15, -0.1) is 5.10 Å². The van der Waals surface area contributed by atoms with Crippen molar-refractivity contribution in [3.05, 3.63) is 5.82 Å². The minimum atomic E-state index is -4.53. The summed E-state index contributed by atoms with van der Waals surface area (Å²) in [6.45, 7) is 2.49. The van der Waals surface area contributed by atoms with E-state index in [1.807, 2.05) is 0 Å². The molecule has 0 saturated heterocycles. The normalized spacial score (nSPS) is 15.7. The van der Waals surface area contributed by atoms with Gasteiger partial charge in [-0.25, -0.2) is 13.5 Å². The molecule has 0 amide bonds. The van der Waals surface area contributed by atoms with Gasteiger partial charge in [0.1, 0.15) is 0 Å². The van der Waals surface area contributed by atoms with Gasteiger partial charge in [0, 0.05) is 0 Å². The molecule has 10 heteroatoms. The Morgan fingerprint density at radius 2 is 1.94 bits per heavy atom. The summed E-state index contributed by atoms with van der Waals surface area (Å²) in [7, 11) is 0. The molecule has 1 rings (SSSR count). The van der Waals surface area contributed by atoms with Crippen LogP contribution in [0.5, 0.6) is 0 Å². The Balaban J connectivity index is 3.14. The monoisotopic (exact) mass is 270 g/mol. The van der Waals surface area contributed by atoms with Gasteiger partial charge >= 0.3 is 18.3 Å². The maximum Gasteiger partial charge on any atom is 0.367 e. The number of hydrogen-bond acceptors (Lipinski definition) is 4. The lowest BCUT2D eigenvalue weighted by molar-refractivity contribution is -0.147. The Morgan fingerprint density at radius 1 is 1.39 bits per heavy atom. The maximum absolute atomic E-state index is 13.1. The van der Waals surface area contributed by atoms with Crippen LogP contribution in [0.2, 0.25) is 0 Å². The quantitative estimate of drug-likeness (QED) is 0.816. The fraction of sp³-hybridized carbons (Fsp3) is 0.750. The van der Waals surface area contributed by atoms with E-state index >= 15 is 0 Å². The van der Waals surface area contributed by atoms with Gasteiger partial charge in [-0.2, -0.15) is 8.78 Å². The Kier molecular flexibility index (Phi) is 3.87. The minimum absolute atomic E-state index is 0.408. The van der Waals surface area contributed by atoms with E-state index in [9.17, 15) is 22.4 Å². The molecular weight excluding hydrogens is 260 g/mol. The molecule has 0 aliphatic carbocycles. The van der Waals surface area contributed by atoms with E-state index in [4.69, 9.17) is 5.11 Å². The summed E-state index contributed by atoms with van der Waals surface area (Å²) in [5.74, 6) is -8.26. The van der Waals surface area contributed by atoms with Crippen LogP contribution in [0.25, 0.3) is 0 Å². The molecular formula is C8H10F4N4O2. The summed E-state index contributed by atoms with van der Waals surface area (Å²) in [6.07, 6.45) is -3.98. The maximum atomic E-state index is 13.1. The Morgan fingerprint density at radius 3 is 2.39 bits per heavy atom. The Hall–Kier alpha value is -1.74. The third-order valence-electron chi connectivity index (χ3n) is 2.56. The highest BCUT2D eigenvalue weighted by Crippen LogP contribution is 2.34. The second kappa shape index (κ2) is 4.86. The number of aliphatic carboxylic acids is 1. The van der Waals surface area contributed by atoms with Crippen LogP contribution >= 0.6 is 0 Å². The third-order valence-corrected chi connectivity index (χ3v) is 2.56. The lowest BCUT2D eigenvalue weighted by Crippen LogP contribution is -2.32. The van der Waals surface area contributed by atoms with E-state index in [1.54, 1.807) is 0 Å². The summed E-state index contributed by atoms with van der Waals surface area (Å²) in [5, 5.41) is 17.6. The van der Waals surface area contributed by atoms with Gasteiger partial charge in [0.05, 0.1) is 12.0 Å². The van der Waals surface area contributed by atoms with Crippen LogP contribution in [0.1, 0.15) is 25.7 Å². The van der Waals surface area contributed by atoms with E-state index in [1.165, 1.54) is 13.8 Å². The van der Waals surface area contributed by atoms with Gasteiger partial charge in [-0.3, -0.25) is 4.79 Å². The highest BCUT2D eigenvalue weighted by Gasteiger charge is 2.49. The largest absolute Gasteiger partial charge is 0.481 e. The predicted octanol–water partition coefficient (Wildman–Crippen LogP) is 1.31. The van der Waals surface area contributed by atoms with Crippen molar-refractivity contribution < 1.29 is 27.5 Å². The number of alkyl halides is 4. The number of hydrogen-bond donors (Lipinski definition) is 1. The fourth-order valence-electron chi connectivity index (χ4n) is 1.20. The minimum Gasteiger partial charge on any atom is -0.481 e. The number of nitrogens with zero attached hydrogens (tertiary/aromatic N) is 4. The lowest BCUT2D eigenvalue weighted by Gasteiger charge is -2.20. The highest BCUT2D eigenvalue weighted by molar-refractivity contribution is 5.70. The van der Waals surface area contributed by atoms with Crippen LogP contribution < -0.4 is 0 Å². The van der Waals surface area contributed by atoms with Gasteiger partial charge in [0.15, 0.2) is 0 Å². The van der Waals surface area contributed by atoms with E-state index in [-0.39, 0.29) is 0 Å². The second-order valence-corrected chi connectivity index (χ2v) is 3.74. The molecule has 0 aliphatic heterocycles. The van der Waals surface area contributed by atoms with Gasteiger partial charge in [0.2, 0.25) is 5.82 Å². The van der Waals surface area contributed by atoms with E-state index in [2.05, 4.69) is 15.5 Å². The van der Waals surface area contributed by atoms with E-state index < -0.39 is 36.1 Å². The molecule has 2 unspecified atom stereocenters. The lowest BCUT2D eigenvalue weighted by atomic mass is 10.0. The van der Waals surface area contributed by atoms with E-state index in [0.717, 1.165) is 0 Å². The van der Waals surface area contributed by atoms with Gasteiger partial charge in [0.25, 0.3) is 0 Å². The van der Waals surface area contributed by atoms with Crippen LogP contribution in [0, 0.1) is 5.92 Å². The average Bonchev–Trinajstić information content (AvgIpc) is 2.75. The van der Waals surface area contributed by atoms with Gasteiger partial charge < -0.3 is 5.11 Å². The second-order valence-electron chi connectivity index (χ2n) is 3.74. The molecule has 2 atom stereocenters.